The van der Waals surface area contributed by atoms with Crippen LogP contribution in [-0.4, -0.2) is 22.3 Å². The van der Waals surface area contributed by atoms with Crippen molar-refractivity contribution in [3.05, 3.63) is 71.8 Å². The van der Waals surface area contributed by atoms with Crippen molar-refractivity contribution >= 4 is 34.1 Å². The van der Waals surface area contributed by atoms with Crippen LogP contribution in [-0.2, 0) is 27.1 Å². The lowest BCUT2D eigenvalue weighted by Gasteiger charge is -2.17. The summed E-state index contributed by atoms with van der Waals surface area (Å²) in [5, 5.41) is 0. The summed E-state index contributed by atoms with van der Waals surface area (Å²) in [5.41, 5.74) is 2.78. The summed E-state index contributed by atoms with van der Waals surface area (Å²) >= 11 is 0. The van der Waals surface area contributed by atoms with E-state index in [0.717, 1.165) is 11.3 Å². The molecule has 6 heteroatoms. The average molecular weight is 340 g/mol. The quantitative estimate of drug-likeness (QED) is 0.866. The molecular formula is C18H16N2O3S. The van der Waals surface area contributed by atoms with Gasteiger partial charge < -0.3 is 4.90 Å². The standard InChI is InChI=1S/C18H16N2O3S/c1-24(23)19-17(21)11-15-14-9-5-6-10-16(14)20(18(15)22)12-13-7-3-2-4-8-13/h2-11H,12H2,1H3,(H,19,21)/b15-11+. The Morgan fingerprint density at radius 3 is 2.50 bits per heavy atom. The number of fused-ring (bicyclic) bond motifs is 1. The number of carbonyl (C=O) groups excluding carboxylic acids is 2. The molecule has 1 atom stereocenters. The van der Waals surface area contributed by atoms with E-state index >= 15 is 0 Å². The van der Waals surface area contributed by atoms with Crippen LogP contribution in [0.15, 0.2) is 60.7 Å². The van der Waals surface area contributed by atoms with Gasteiger partial charge in [-0.05, 0) is 11.6 Å². The predicted molar refractivity (Wildman–Crippen MR) is 94.3 cm³/mol. The van der Waals surface area contributed by atoms with Crippen LogP contribution in [0.1, 0.15) is 11.1 Å². The number of benzene rings is 2. The van der Waals surface area contributed by atoms with Crippen LogP contribution < -0.4 is 9.62 Å². The van der Waals surface area contributed by atoms with Crippen LogP contribution in [0.25, 0.3) is 5.57 Å². The van der Waals surface area contributed by atoms with E-state index in [1.807, 2.05) is 48.5 Å². The van der Waals surface area contributed by atoms with Gasteiger partial charge >= 0.3 is 0 Å². The molecule has 2 amide bonds. The maximum atomic E-state index is 12.8. The monoisotopic (exact) mass is 340 g/mol. The lowest BCUT2D eigenvalue weighted by molar-refractivity contribution is -0.116. The lowest BCUT2D eigenvalue weighted by atomic mass is 10.1. The summed E-state index contributed by atoms with van der Waals surface area (Å²) < 4.78 is 13.4. The summed E-state index contributed by atoms with van der Waals surface area (Å²) in [5.74, 6) is -0.785. The zero-order valence-corrected chi connectivity index (χ0v) is 13.9. The summed E-state index contributed by atoms with van der Waals surface area (Å²) in [7, 11) is -1.47. The van der Waals surface area contributed by atoms with E-state index in [1.54, 1.807) is 11.0 Å². The Balaban J connectivity index is 1.96. The first kappa shape index (κ1) is 16.1. The van der Waals surface area contributed by atoms with Gasteiger partial charge in [0.15, 0.2) is 0 Å². The van der Waals surface area contributed by atoms with Crippen LogP contribution in [0.4, 0.5) is 5.69 Å². The zero-order valence-electron chi connectivity index (χ0n) is 13.1. The summed E-state index contributed by atoms with van der Waals surface area (Å²) in [6.07, 6.45) is 2.58. The third kappa shape index (κ3) is 3.28. The molecule has 0 aliphatic carbocycles. The van der Waals surface area contributed by atoms with E-state index in [1.165, 1.54) is 12.3 Å². The topological polar surface area (TPSA) is 66.5 Å². The molecule has 0 spiro atoms. The third-order valence-corrected chi connectivity index (χ3v) is 4.15. The van der Waals surface area contributed by atoms with Gasteiger partial charge in [-0.3, -0.25) is 14.3 Å². The number of nitrogens with one attached hydrogen (secondary N) is 1. The minimum atomic E-state index is -1.47. The number of para-hydroxylation sites is 1. The highest BCUT2D eigenvalue weighted by molar-refractivity contribution is 7.82. The van der Waals surface area contributed by atoms with Crippen LogP contribution in [0, 0.1) is 0 Å². The fourth-order valence-corrected chi connectivity index (χ4v) is 3.01. The molecule has 2 aromatic carbocycles. The Morgan fingerprint density at radius 2 is 1.79 bits per heavy atom. The van der Waals surface area contributed by atoms with Crippen molar-refractivity contribution in [1.29, 1.82) is 0 Å². The maximum absolute atomic E-state index is 12.8. The van der Waals surface area contributed by atoms with Gasteiger partial charge in [0.2, 0.25) is 0 Å². The smallest absolute Gasteiger partial charge is 0.259 e. The molecule has 1 aliphatic rings. The molecule has 0 aromatic heterocycles. The number of anilines is 1. The second-order valence-electron chi connectivity index (χ2n) is 5.37. The molecule has 122 valence electrons. The normalized spacial score (nSPS) is 16.1. The van der Waals surface area contributed by atoms with E-state index in [-0.39, 0.29) is 5.91 Å². The van der Waals surface area contributed by atoms with Crippen molar-refractivity contribution in [2.24, 2.45) is 0 Å². The van der Waals surface area contributed by atoms with E-state index in [0.29, 0.717) is 17.7 Å². The molecule has 0 bridgehead atoms. The first-order valence-corrected chi connectivity index (χ1v) is 8.93. The average Bonchev–Trinajstić information content (AvgIpc) is 2.81. The Kier molecular flexibility index (Phi) is 4.57. The molecule has 1 N–H and O–H groups in total. The van der Waals surface area contributed by atoms with Gasteiger partial charge in [0.25, 0.3) is 11.8 Å². The van der Waals surface area contributed by atoms with Gasteiger partial charge in [-0.25, -0.2) is 4.21 Å². The fourth-order valence-electron chi connectivity index (χ4n) is 2.67. The van der Waals surface area contributed by atoms with Gasteiger partial charge in [0.05, 0.1) is 17.8 Å². The van der Waals surface area contributed by atoms with Crippen molar-refractivity contribution in [3.8, 4) is 0 Å². The van der Waals surface area contributed by atoms with Crippen molar-refractivity contribution in [2.45, 2.75) is 6.54 Å². The van der Waals surface area contributed by atoms with Gasteiger partial charge in [-0.1, -0.05) is 48.5 Å². The molecule has 5 nitrogen and oxygen atoms in total. The Bertz CT molecular complexity index is 846. The molecule has 1 heterocycles. The summed E-state index contributed by atoms with van der Waals surface area (Å²) in [4.78, 5) is 26.3. The minimum absolute atomic E-state index is 0.239. The molecule has 0 saturated heterocycles. The van der Waals surface area contributed by atoms with Crippen molar-refractivity contribution in [3.63, 3.8) is 0 Å². The SMILES string of the molecule is CS(=O)NC(=O)/C=C1/C(=O)N(Cc2ccccc2)c2ccccc21. The fraction of sp³-hybridized carbons (Fsp3) is 0.111. The van der Waals surface area contributed by atoms with E-state index < -0.39 is 16.9 Å². The lowest BCUT2D eigenvalue weighted by Crippen LogP contribution is -2.27. The zero-order chi connectivity index (χ0) is 17.1. The van der Waals surface area contributed by atoms with Gasteiger partial charge in [-0.15, -0.1) is 0 Å². The molecule has 0 fully saturated rings. The number of amides is 2. The Morgan fingerprint density at radius 1 is 1.12 bits per heavy atom. The van der Waals surface area contributed by atoms with E-state index in [9.17, 15) is 13.8 Å². The molecule has 1 aliphatic heterocycles. The van der Waals surface area contributed by atoms with Gasteiger partial charge in [0, 0.05) is 17.9 Å². The van der Waals surface area contributed by atoms with Crippen LogP contribution in [0.2, 0.25) is 0 Å². The van der Waals surface area contributed by atoms with Crippen molar-refractivity contribution in [1.82, 2.24) is 4.72 Å². The minimum Gasteiger partial charge on any atom is -0.303 e. The molecular weight excluding hydrogens is 324 g/mol. The Labute approximate surface area is 142 Å². The summed E-state index contributed by atoms with van der Waals surface area (Å²) in [6, 6.07) is 17.0. The second kappa shape index (κ2) is 6.80. The number of hydrogen-bond donors (Lipinski definition) is 1. The maximum Gasteiger partial charge on any atom is 0.259 e. The molecule has 1 unspecified atom stereocenters. The highest BCUT2D eigenvalue weighted by Crippen LogP contribution is 2.37. The second-order valence-corrected chi connectivity index (χ2v) is 6.48. The predicted octanol–water partition coefficient (Wildman–Crippen LogP) is 2.03. The van der Waals surface area contributed by atoms with Crippen LogP contribution in [0.3, 0.4) is 0 Å². The van der Waals surface area contributed by atoms with Gasteiger partial charge in [-0.2, -0.15) is 0 Å². The summed E-state index contributed by atoms with van der Waals surface area (Å²) in [6.45, 7) is 0.426. The Hall–Kier alpha value is -2.73. The van der Waals surface area contributed by atoms with Crippen LogP contribution in [0.5, 0.6) is 0 Å². The van der Waals surface area contributed by atoms with Crippen molar-refractivity contribution in [2.75, 3.05) is 11.2 Å². The number of carbonyl (C=O) groups is 2. The third-order valence-electron chi connectivity index (χ3n) is 3.66. The molecule has 24 heavy (non-hydrogen) atoms. The van der Waals surface area contributed by atoms with E-state index in [4.69, 9.17) is 0 Å². The molecule has 0 radical (unpaired) electrons. The number of hydrogen-bond acceptors (Lipinski definition) is 3. The highest BCUT2D eigenvalue weighted by atomic mass is 32.2. The highest BCUT2D eigenvalue weighted by Gasteiger charge is 2.32. The van der Waals surface area contributed by atoms with E-state index in [2.05, 4.69) is 4.72 Å². The molecule has 2 aromatic rings. The first-order chi connectivity index (χ1) is 11.6. The van der Waals surface area contributed by atoms with Crippen molar-refractivity contribution < 1.29 is 13.8 Å². The molecule has 3 rings (SSSR count). The largest absolute Gasteiger partial charge is 0.303 e. The first-order valence-electron chi connectivity index (χ1n) is 7.37. The number of rotatable bonds is 4. The van der Waals surface area contributed by atoms with Gasteiger partial charge in [0.1, 0.15) is 11.0 Å². The van der Waals surface area contributed by atoms with Crippen LogP contribution >= 0.6 is 0 Å². The number of nitrogens with zero attached hydrogens (tertiary/aromatic N) is 1. The molecule has 0 saturated carbocycles.